The van der Waals surface area contributed by atoms with Crippen molar-refractivity contribution in [2.24, 2.45) is 0 Å². The van der Waals surface area contributed by atoms with Gasteiger partial charge in [0.15, 0.2) is 0 Å². The van der Waals surface area contributed by atoms with Gasteiger partial charge in [0, 0.05) is 12.7 Å². The van der Waals surface area contributed by atoms with E-state index in [4.69, 9.17) is 0 Å². The summed E-state index contributed by atoms with van der Waals surface area (Å²) in [5, 5.41) is 7.00. The molecule has 0 unspecified atom stereocenters. The number of nitrogens with zero attached hydrogens (tertiary/aromatic N) is 2. The lowest BCUT2D eigenvalue weighted by atomic mass is 10.2. The van der Waals surface area contributed by atoms with Gasteiger partial charge < -0.3 is 5.32 Å². The van der Waals surface area contributed by atoms with Crippen LogP contribution in [-0.4, -0.2) is 22.5 Å². The Morgan fingerprint density at radius 2 is 2.06 bits per heavy atom. The van der Waals surface area contributed by atoms with Crippen LogP contribution in [0, 0.1) is 0 Å². The molecule has 0 fully saturated rings. The van der Waals surface area contributed by atoms with Crippen molar-refractivity contribution >= 4 is 12.4 Å². The Bertz CT molecular complexity index is 326. The van der Waals surface area contributed by atoms with Crippen LogP contribution in [0.3, 0.4) is 0 Å². The number of nitrogens with one attached hydrogen (secondary N) is 1. The van der Waals surface area contributed by atoms with Crippen molar-refractivity contribution < 1.29 is 13.2 Å². The van der Waals surface area contributed by atoms with Crippen molar-refractivity contribution in [1.82, 2.24) is 15.1 Å². The molecule has 7 heteroatoms. The molecule has 1 heterocycles. The Balaban J connectivity index is 0.00000289. The van der Waals surface area contributed by atoms with Crippen molar-refractivity contribution in [3.05, 3.63) is 18.0 Å². The number of hydrogen-bond donors (Lipinski definition) is 1. The van der Waals surface area contributed by atoms with Crippen LogP contribution in [0.5, 0.6) is 0 Å². The molecular weight excluding hydrogens is 267 g/mol. The zero-order valence-electron chi connectivity index (χ0n) is 10.3. The van der Waals surface area contributed by atoms with Gasteiger partial charge in [0.2, 0.25) is 0 Å². The highest BCUT2D eigenvalue weighted by molar-refractivity contribution is 5.85. The van der Waals surface area contributed by atoms with Gasteiger partial charge >= 0.3 is 6.18 Å². The van der Waals surface area contributed by atoms with Crippen molar-refractivity contribution in [2.45, 2.75) is 45.5 Å². The summed E-state index contributed by atoms with van der Waals surface area (Å²) < 4.78 is 37.1. The molecule has 0 spiro atoms. The van der Waals surface area contributed by atoms with Gasteiger partial charge in [-0.1, -0.05) is 19.8 Å². The average Bonchev–Trinajstić information content (AvgIpc) is 2.63. The third-order valence-electron chi connectivity index (χ3n) is 2.30. The summed E-state index contributed by atoms with van der Waals surface area (Å²) in [5.74, 6) is 0. The van der Waals surface area contributed by atoms with Crippen molar-refractivity contribution in [2.75, 3.05) is 6.54 Å². The van der Waals surface area contributed by atoms with Gasteiger partial charge in [0.25, 0.3) is 0 Å². The predicted molar refractivity (Wildman–Crippen MR) is 66.8 cm³/mol. The van der Waals surface area contributed by atoms with Crippen molar-refractivity contribution in [3.63, 3.8) is 0 Å². The van der Waals surface area contributed by atoms with Gasteiger partial charge in [-0.3, -0.25) is 4.68 Å². The van der Waals surface area contributed by atoms with E-state index in [9.17, 15) is 13.2 Å². The third kappa shape index (κ3) is 7.55. The summed E-state index contributed by atoms with van der Waals surface area (Å²) in [6.07, 6.45) is 0.547. The molecule has 1 rings (SSSR count). The van der Waals surface area contributed by atoms with Crippen molar-refractivity contribution in [3.8, 4) is 0 Å². The van der Waals surface area contributed by atoms with Crippen LogP contribution in [0.1, 0.15) is 31.9 Å². The molecule has 18 heavy (non-hydrogen) atoms. The Labute approximate surface area is 111 Å². The minimum absolute atomic E-state index is 0. The van der Waals surface area contributed by atoms with E-state index in [0.717, 1.165) is 30.5 Å². The number of rotatable bonds is 7. The summed E-state index contributed by atoms with van der Waals surface area (Å²) in [6, 6.07) is 1.61. The summed E-state index contributed by atoms with van der Waals surface area (Å²) in [7, 11) is 0. The highest BCUT2D eigenvalue weighted by atomic mass is 35.5. The third-order valence-corrected chi connectivity index (χ3v) is 2.30. The smallest absolute Gasteiger partial charge is 0.311 e. The lowest BCUT2D eigenvalue weighted by Crippen LogP contribution is -2.19. The van der Waals surface area contributed by atoms with Crippen LogP contribution in [0.4, 0.5) is 13.2 Å². The highest BCUT2D eigenvalue weighted by Gasteiger charge is 2.28. The first-order valence-corrected chi connectivity index (χ1v) is 5.81. The Hall–Kier alpha value is -0.750. The Morgan fingerprint density at radius 3 is 2.67 bits per heavy atom. The molecule has 3 nitrogen and oxygen atoms in total. The highest BCUT2D eigenvalue weighted by Crippen LogP contribution is 2.16. The molecule has 0 saturated carbocycles. The van der Waals surface area contributed by atoms with E-state index in [2.05, 4.69) is 17.3 Å². The summed E-state index contributed by atoms with van der Waals surface area (Å²) in [4.78, 5) is 0. The van der Waals surface area contributed by atoms with Crippen LogP contribution >= 0.6 is 12.4 Å². The molecule has 0 atom stereocenters. The van der Waals surface area contributed by atoms with Gasteiger partial charge in [-0.2, -0.15) is 18.3 Å². The number of halogens is 4. The number of unbranched alkanes of at least 4 members (excludes halogenated alkanes) is 2. The first kappa shape index (κ1) is 17.2. The molecule has 0 aliphatic carbocycles. The molecule has 1 aromatic heterocycles. The maximum atomic E-state index is 12.1. The largest absolute Gasteiger partial charge is 0.408 e. The SMILES string of the molecule is CCCCCNCc1ccn(CC(F)(F)F)n1.Cl. The van der Waals surface area contributed by atoms with Crippen LogP contribution in [0.15, 0.2) is 12.3 Å². The summed E-state index contributed by atoms with van der Waals surface area (Å²) in [5.41, 5.74) is 0.644. The van der Waals surface area contributed by atoms with E-state index in [-0.39, 0.29) is 12.4 Å². The summed E-state index contributed by atoms with van der Waals surface area (Å²) >= 11 is 0. The average molecular weight is 286 g/mol. The first-order valence-electron chi connectivity index (χ1n) is 5.81. The molecule has 0 bridgehead atoms. The Morgan fingerprint density at radius 1 is 1.33 bits per heavy atom. The van der Waals surface area contributed by atoms with Crippen LogP contribution in [0.2, 0.25) is 0 Å². The standard InChI is InChI=1S/C11H18F3N3.ClH/c1-2-3-4-6-15-8-10-5-7-17(16-10)9-11(12,13)14;/h5,7,15H,2-4,6,8-9H2,1H3;1H. The topological polar surface area (TPSA) is 29.9 Å². The molecule has 0 saturated heterocycles. The van der Waals surface area contributed by atoms with Gasteiger partial charge in [0.1, 0.15) is 6.54 Å². The maximum Gasteiger partial charge on any atom is 0.408 e. The molecular formula is C11H19ClF3N3. The van der Waals surface area contributed by atoms with Gasteiger partial charge in [-0.15, -0.1) is 12.4 Å². The quantitative estimate of drug-likeness (QED) is 0.780. The lowest BCUT2D eigenvalue weighted by Gasteiger charge is -2.05. The number of hydrogen-bond acceptors (Lipinski definition) is 2. The minimum Gasteiger partial charge on any atom is -0.311 e. The van der Waals surface area contributed by atoms with Crippen LogP contribution < -0.4 is 5.32 Å². The fourth-order valence-electron chi connectivity index (χ4n) is 1.49. The van der Waals surface area contributed by atoms with Crippen molar-refractivity contribution in [1.29, 1.82) is 0 Å². The van der Waals surface area contributed by atoms with E-state index in [1.54, 1.807) is 6.07 Å². The maximum absolute atomic E-state index is 12.1. The molecule has 0 radical (unpaired) electrons. The molecule has 0 amide bonds. The van der Waals surface area contributed by atoms with E-state index >= 15 is 0 Å². The molecule has 0 aromatic carbocycles. The predicted octanol–water partition coefficient (Wildman–Crippen LogP) is 3.15. The molecule has 0 aliphatic rings. The van der Waals surface area contributed by atoms with E-state index in [1.165, 1.54) is 6.20 Å². The molecule has 1 aromatic rings. The van der Waals surface area contributed by atoms with E-state index < -0.39 is 12.7 Å². The Kier molecular flexibility index (Phi) is 8.02. The number of alkyl halides is 3. The zero-order chi connectivity index (χ0) is 12.7. The normalized spacial score (nSPS) is 11.3. The molecule has 1 N–H and O–H groups in total. The van der Waals surface area contributed by atoms with Crippen LogP contribution in [-0.2, 0) is 13.1 Å². The second-order valence-corrected chi connectivity index (χ2v) is 4.00. The monoisotopic (exact) mass is 285 g/mol. The van der Waals surface area contributed by atoms with E-state index in [0.29, 0.717) is 12.2 Å². The number of aromatic nitrogens is 2. The van der Waals surface area contributed by atoms with E-state index in [1.807, 2.05) is 0 Å². The second kappa shape index (κ2) is 8.37. The molecule has 106 valence electrons. The fraction of sp³-hybridized carbons (Fsp3) is 0.727. The van der Waals surface area contributed by atoms with Gasteiger partial charge in [0.05, 0.1) is 5.69 Å². The minimum atomic E-state index is -4.21. The second-order valence-electron chi connectivity index (χ2n) is 4.00. The van der Waals surface area contributed by atoms with Gasteiger partial charge in [-0.25, -0.2) is 0 Å². The van der Waals surface area contributed by atoms with Gasteiger partial charge in [-0.05, 0) is 19.0 Å². The molecule has 0 aliphatic heterocycles. The first-order chi connectivity index (χ1) is 8.01. The summed E-state index contributed by atoms with van der Waals surface area (Å²) in [6.45, 7) is 2.50. The zero-order valence-corrected chi connectivity index (χ0v) is 11.2. The fourth-order valence-corrected chi connectivity index (χ4v) is 1.49. The lowest BCUT2D eigenvalue weighted by molar-refractivity contribution is -0.142. The van der Waals surface area contributed by atoms with Crippen LogP contribution in [0.25, 0.3) is 0 Å².